The molecular formula is C18H28N2O2. The summed E-state index contributed by atoms with van der Waals surface area (Å²) in [6.07, 6.45) is 6.63. The lowest BCUT2D eigenvalue weighted by atomic mass is 10.1. The largest absolute Gasteiger partial charge is 0.348 e. The molecule has 0 saturated heterocycles. The van der Waals surface area contributed by atoms with Gasteiger partial charge in [0, 0.05) is 13.1 Å². The van der Waals surface area contributed by atoms with Crippen LogP contribution in [0.15, 0.2) is 24.3 Å². The lowest BCUT2D eigenvalue weighted by molar-refractivity contribution is -0.139. The smallest absolute Gasteiger partial charge is 0.309 e. The molecule has 0 radical (unpaired) electrons. The van der Waals surface area contributed by atoms with Gasteiger partial charge in [-0.05, 0) is 24.0 Å². The highest BCUT2D eigenvalue weighted by Gasteiger charge is 2.11. The first kappa shape index (κ1) is 18.2. The molecule has 22 heavy (non-hydrogen) atoms. The van der Waals surface area contributed by atoms with Crippen LogP contribution in [0.4, 0.5) is 0 Å². The van der Waals surface area contributed by atoms with Crippen LogP contribution in [0.1, 0.15) is 57.1 Å². The van der Waals surface area contributed by atoms with Crippen LogP contribution in [0.3, 0.4) is 0 Å². The average molecular weight is 304 g/mol. The van der Waals surface area contributed by atoms with Crippen LogP contribution in [0.25, 0.3) is 0 Å². The second kappa shape index (κ2) is 10.8. The minimum Gasteiger partial charge on any atom is -0.348 e. The van der Waals surface area contributed by atoms with Crippen LogP contribution in [-0.4, -0.2) is 18.4 Å². The summed E-state index contributed by atoms with van der Waals surface area (Å²) in [6, 6.07) is 8.03. The Morgan fingerprint density at radius 1 is 0.818 bits per heavy atom. The van der Waals surface area contributed by atoms with Crippen molar-refractivity contribution in [2.24, 2.45) is 0 Å². The van der Waals surface area contributed by atoms with Gasteiger partial charge in [0.2, 0.25) is 0 Å². The molecule has 0 aromatic heterocycles. The Kier molecular flexibility index (Phi) is 8.96. The molecule has 1 rings (SSSR count). The summed E-state index contributed by atoms with van der Waals surface area (Å²) < 4.78 is 0. The number of hydrogen-bond acceptors (Lipinski definition) is 2. The number of rotatable bonds is 9. The van der Waals surface area contributed by atoms with Crippen molar-refractivity contribution in [3.63, 3.8) is 0 Å². The number of nitrogens with one attached hydrogen (secondary N) is 2. The highest BCUT2D eigenvalue weighted by atomic mass is 16.2. The summed E-state index contributed by atoms with van der Waals surface area (Å²) in [5.41, 5.74) is 2.26. The number of unbranched alkanes of at least 4 members (excludes halogenated alkanes) is 4. The van der Waals surface area contributed by atoms with Gasteiger partial charge >= 0.3 is 11.8 Å². The zero-order valence-corrected chi connectivity index (χ0v) is 13.8. The normalized spacial score (nSPS) is 10.3. The van der Waals surface area contributed by atoms with Crippen LogP contribution in [0, 0.1) is 0 Å². The maximum absolute atomic E-state index is 11.7. The van der Waals surface area contributed by atoms with Gasteiger partial charge in [-0.25, -0.2) is 0 Å². The monoisotopic (exact) mass is 304 g/mol. The van der Waals surface area contributed by atoms with Crippen LogP contribution in [0.2, 0.25) is 0 Å². The van der Waals surface area contributed by atoms with Gasteiger partial charge in [0.1, 0.15) is 0 Å². The summed E-state index contributed by atoms with van der Waals surface area (Å²) in [4.78, 5) is 23.3. The van der Waals surface area contributed by atoms with Gasteiger partial charge in [-0.2, -0.15) is 0 Å². The lowest BCUT2D eigenvalue weighted by Crippen LogP contribution is -2.39. The highest BCUT2D eigenvalue weighted by molar-refractivity contribution is 6.35. The van der Waals surface area contributed by atoms with Crippen molar-refractivity contribution in [2.45, 2.75) is 58.9 Å². The first-order valence-corrected chi connectivity index (χ1v) is 8.31. The molecule has 0 unspecified atom stereocenters. The fourth-order valence-electron chi connectivity index (χ4n) is 2.17. The molecule has 0 saturated carbocycles. The van der Waals surface area contributed by atoms with Gasteiger partial charge in [-0.3, -0.25) is 9.59 Å². The minimum atomic E-state index is -0.562. The van der Waals surface area contributed by atoms with Crippen molar-refractivity contribution < 1.29 is 9.59 Å². The number of hydrogen-bond donors (Lipinski definition) is 2. The zero-order valence-electron chi connectivity index (χ0n) is 13.8. The predicted octanol–water partition coefficient (Wildman–Crippen LogP) is 2.95. The molecule has 0 bridgehead atoms. The van der Waals surface area contributed by atoms with Crippen molar-refractivity contribution >= 4 is 11.8 Å². The Bertz CT molecular complexity index is 455. The third-order valence-corrected chi connectivity index (χ3v) is 3.66. The number of carbonyl (C=O) groups excluding carboxylic acids is 2. The van der Waals surface area contributed by atoms with Gasteiger partial charge in [0.05, 0.1) is 0 Å². The van der Waals surface area contributed by atoms with Gasteiger partial charge in [0.25, 0.3) is 0 Å². The molecule has 0 spiro atoms. The standard InChI is InChI=1S/C18H28N2O2/c1-3-5-6-7-8-13-19-17(21)18(22)20-14-16-11-9-15(4-2)10-12-16/h9-12H,3-8,13-14H2,1-2H3,(H,19,21)(H,20,22). The molecule has 2 N–H and O–H groups in total. The van der Waals surface area contributed by atoms with Gasteiger partial charge in [0.15, 0.2) is 0 Å². The second-order valence-electron chi connectivity index (χ2n) is 5.52. The summed E-state index contributed by atoms with van der Waals surface area (Å²) in [5, 5.41) is 5.31. The first-order chi connectivity index (χ1) is 10.7. The SMILES string of the molecule is CCCCCCCNC(=O)C(=O)NCc1ccc(CC)cc1. The molecule has 2 amide bonds. The van der Waals surface area contributed by atoms with E-state index in [-0.39, 0.29) is 0 Å². The molecule has 0 fully saturated rings. The van der Waals surface area contributed by atoms with E-state index in [9.17, 15) is 9.59 Å². The fraction of sp³-hybridized carbons (Fsp3) is 0.556. The Morgan fingerprint density at radius 2 is 1.41 bits per heavy atom. The fourth-order valence-corrected chi connectivity index (χ4v) is 2.17. The summed E-state index contributed by atoms with van der Waals surface area (Å²) in [6.45, 7) is 5.22. The van der Waals surface area contributed by atoms with Crippen LogP contribution in [-0.2, 0) is 22.6 Å². The van der Waals surface area contributed by atoms with E-state index < -0.39 is 11.8 Å². The molecule has 0 aliphatic rings. The quantitative estimate of drug-likeness (QED) is 0.544. The Hall–Kier alpha value is -1.84. The Morgan fingerprint density at radius 3 is 2.05 bits per heavy atom. The van der Waals surface area contributed by atoms with Crippen LogP contribution in [0.5, 0.6) is 0 Å². The molecular weight excluding hydrogens is 276 g/mol. The van der Waals surface area contributed by atoms with Crippen molar-refractivity contribution in [3.05, 3.63) is 35.4 Å². The van der Waals surface area contributed by atoms with E-state index in [4.69, 9.17) is 0 Å². The zero-order chi connectivity index (χ0) is 16.2. The Labute approximate surface area is 133 Å². The maximum atomic E-state index is 11.7. The number of benzene rings is 1. The second-order valence-corrected chi connectivity index (χ2v) is 5.52. The van der Waals surface area contributed by atoms with E-state index in [1.807, 2.05) is 24.3 Å². The number of aryl methyl sites for hydroxylation is 1. The van der Waals surface area contributed by atoms with Crippen molar-refractivity contribution in [3.8, 4) is 0 Å². The van der Waals surface area contributed by atoms with E-state index in [1.165, 1.54) is 24.8 Å². The molecule has 1 aromatic carbocycles. The molecule has 122 valence electrons. The summed E-state index contributed by atoms with van der Waals surface area (Å²) in [5.74, 6) is -1.10. The van der Waals surface area contributed by atoms with Crippen LogP contribution < -0.4 is 10.6 Å². The Balaban J connectivity index is 2.19. The lowest BCUT2D eigenvalue weighted by Gasteiger charge is -2.07. The topological polar surface area (TPSA) is 58.2 Å². The molecule has 0 atom stereocenters. The number of amides is 2. The van der Waals surface area contributed by atoms with E-state index in [2.05, 4.69) is 24.5 Å². The first-order valence-electron chi connectivity index (χ1n) is 8.31. The van der Waals surface area contributed by atoms with E-state index in [1.54, 1.807) is 0 Å². The van der Waals surface area contributed by atoms with Gasteiger partial charge < -0.3 is 10.6 Å². The average Bonchev–Trinajstić information content (AvgIpc) is 2.56. The predicted molar refractivity (Wildman–Crippen MR) is 89.4 cm³/mol. The van der Waals surface area contributed by atoms with Crippen molar-refractivity contribution in [1.82, 2.24) is 10.6 Å². The van der Waals surface area contributed by atoms with Gasteiger partial charge in [-0.1, -0.05) is 63.8 Å². The van der Waals surface area contributed by atoms with Crippen LogP contribution >= 0.6 is 0 Å². The van der Waals surface area contributed by atoms with E-state index in [0.29, 0.717) is 13.1 Å². The van der Waals surface area contributed by atoms with E-state index in [0.717, 1.165) is 24.8 Å². The maximum Gasteiger partial charge on any atom is 0.309 e. The molecule has 4 heteroatoms. The third-order valence-electron chi connectivity index (χ3n) is 3.66. The molecule has 0 aliphatic heterocycles. The molecule has 4 nitrogen and oxygen atoms in total. The van der Waals surface area contributed by atoms with Gasteiger partial charge in [-0.15, -0.1) is 0 Å². The highest BCUT2D eigenvalue weighted by Crippen LogP contribution is 2.04. The van der Waals surface area contributed by atoms with E-state index >= 15 is 0 Å². The van der Waals surface area contributed by atoms with Crippen molar-refractivity contribution in [1.29, 1.82) is 0 Å². The third kappa shape index (κ3) is 7.25. The summed E-state index contributed by atoms with van der Waals surface area (Å²) >= 11 is 0. The molecule has 1 aromatic rings. The molecule has 0 heterocycles. The van der Waals surface area contributed by atoms with Crippen molar-refractivity contribution in [2.75, 3.05) is 6.54 Å². The molecule has 0 aliphatic carbocycles. The summed E-state index contributed by atoms with van der Waals surface area (Å²) in [7, 11) is 0. The minimum absolute atomic E-state index is 0.382. The number of carbonyl (C=O) groups is 2.